The van der Waals surface area contributed by atoms with Crippen molar-refractivity contribution in [3.63, 3.8) is 0 Å². The molecule has 2 aromatic rings. The lowest BCUT2D eigenvalue weighted by Gasteiger charge is -2.03. The van der Waals surface area contributed by atoms with Crippen LogP contribution in [0.4, 0.5) is 5.82 Å². The van der Waals surface area contributed by atoms with Crippen LogP contribution in [0.15, 0.2) is 24.5 Å². The fourth-order valence-corrected chi connectivity index (χ4v) is 1.78. The third-order valence-electron chi connectivity index (χ3n) is 2.96. The number of pyridine rings is 1. The Labute approximate surface area is 102 Å². The van der Waals surface area contributed by atoms with Crippen molar-refractivity contribution in [1.82, 2.24) is 9.38 Å². The van der Waals surface area contributed by atoms with Crippen LogP contribution in [0.5, 0.6) is 0 Å². The van der Waals surface area contributed by atoms with Gasteiger partial charge in [0.1, 0.15) is 11.5 Å². The molecule has 1 amide bonds. The number of hydrogen-bond acceptors (Lipinski definition) is 3. The highest BCUT2D eigenvalue weighted by atomic mass is 16.4. The first-order valence-corrected chi connectivity index (χ1v) is 5.66. The fraction of sp³-hybridized carbons (Fsp3) is 0.250. The molecule has 0 atom stereocenters. The Morgan fingerprint density at radius 3 is 2.89 bits per heavy atom. The second-order valence-electron chi connectivity index (χ2n) is 4.36. The van der Waals surface area contributed by atoms with E-state index >= 15 is 0 Å². The molecular formula is C12H11N3O3. The summed E-state index contributed by atoms with van der Waals surface area (Å²) in [7, 11) is 0. The van der Waals surface area contributed by atoms with E-state index in [2.05, 4.69) is 10.3 Å². The molecule has 0 saturated heterocycles. The molecule has 3 rings (SSSR count). The van der Waals surface area contributed by atoms with Gasteiger partial charge in [0.15, 0.2) is 0 Å². The van der Waals surface area contributed by atoms with Gasteiger partial charge in [-0.2, -0.15) is 0 Å². The fourth-order valence-electron chi connectivity index (χ4n) is 1.78. The van der Waals surface area contributed by atoms with Crippen molar-refractivity contribution >= 4 is 23.3 Å². The van der Waals surface area contributed by atoms with Gasteiger partial charge in [-0.05, 0) is 25.0 Å². The molecule has 1 aliphatic rings. The number of anilines is 1. The second-order valence-corrected chi connectivity index (χ2v) is 4.36. The molecule has 0 bridgehead atoms. The van der Waals surface area contributed by atoms with Gasteiger partial charge >= 0.3 is 5.97 Å². The Morgan fingerprint density at radius 1 is 1.44 bits per heavy atom. The van der Waals surface area contributed by atoms with E-state index in [-0.39, 0.29) is 17.4 Å². The molecule has 92 valence electrons. The van der Waals surface area contributed by atoms with E-state index in [1.165, 1.54) is 18.3 Å². The summed E-state index contributed by atoms with van der Waals surface area (Å²) in [5.41, 5.74) is 0.675. The van der Waals surface area contributed by atoms with Gasteiger partial charge in [-0.15, -0.1) is 0 Å². The number of aromatic nitrogens is 2. The SMILES string of the molecule is O=C(O)c1ccn2c(NC(=O)C3CC3)cnc2c1. The molecule has 0 spiro atoms. The van der Waals surface area contributed by atoms with Crippen molar-refractivity contribution in [2.45, 2.75) is 12.8 Å². The average Bonchev–Trinajstić information content (AvgIpc) is 3.13. The smallest absolute Gasteiger partial charge is 0.335 e. The molecule has 1 saturated carbocycles. The third kappa shape index (κ3) is 1.81. The molecule has 18 heavy (non-hydrogen) atoms. The Kier molecular flexibility index (Phi) is 2.29. The highest BCUT2D eigenvalue weighted by Gasteiger charge is 2.30. The summed E-state index contributed by atoms with van der Waals surface area (Å²) in [6, 6.07) is 2.94. The number of hydrogen-bond donors (Lipinski definition) is 2. The summed E-state index contributed by atoms with van der Waals surface area (Å²) in [6.07, 6.45) is 4.99. The first-order valence-electron chi connectivity index (χ1n) is 5.66. The third-order valence-corrected chi connectivity index (χ3v) is 2.96. The number of nitrogens with one attached hydrogen (secondary N) is 1. The van der Waals surface area contributed by atoms with Crippen LogP contribution in [0, 0.1) is 5.92 Å². The molecule has 0 aliphatic heterocycles. The number of amides is 1. The number of imidazole rings is 1. The van der Waals surface area contributed by atoms with Gasteiger partial charge in [-0.3, -0.25) is 9.20 Å². The summed E-state index contributed by atoms with van der Waals surface area (Å²) in [4.78, 5) is 26.5. The number of carboxylic acids is 1. The quantitative estimate of drug-likeness (QED) is 0.855. The molecule has 2 heterocycles. The lowest BCUT2D eigenvalue weighted by atomic mass is 10.3. The number of carbonyl (C=O) groups excluding carboxylic acids is 1. The zero-order valence-corrected chi connectivity index (χ0v) is 9.46. The predicted octanol–water partition coefficient (Wildman–Crippen LogP) is 1.38. The first-order chi connectivity index (χ1) is 8.65. The van der Waals surface area contributed by atoms with Crippen LogP contribution in [0.1, 0.15) is 23.2 Å². The Bertz CT molecular complexity index is 643. The minimum atomic E-state index is -0.996. The maximum absolute atomic E-state index is 11.6. The van der Waals surface area contributed by atoms with Crippen molar-refractivity contribution in [1.29, 1.82) is 0 Å². The van der Waals surface area contributed by atoms with Crippen LogP contribution >= 0.6 is 0 Å². The molecule has 6 heteroatoms. The monoisotopic (exact) mass is 245 g/mol. The number of aromatic carboxylic acids is 1. The van der Waals surface area contributed by atoms with Gasteiger partial charge in [0.25, 0.3) is 0 Å². The van der Waals surface area contributed by atoms with Crippen molar-refractivity contribution < 1.29 is 14.7 Å². The van der Waals surface area contributed by atoms with Gasteiger partial charge < -0.3 is 10.4 Å². The van der Waals surface area contributed by atoms with E-state index < -0.39 is 5.97 Å². The van der Waals surface area contributed by atoms with E-state index in [1.54, 1.807) is 10.6 Å². The Hall–Kier alpha value is -2.37. The molecule has 6 nitrogen and oxygen atoms in total. The number of carbonyl (C=O) groups is 2. The predicted molar refractivity (Wildman–Crippen MR) is 63.5 cm³/mol. The number of carboxylic acid groups (broad SMARTS) is 1. The van der Waals surface area contributed by atoms with Gasteiger partial charge in [-0.25, -0.2) is 9.78 Å². The van der Waals surface area contributed by atoms with Gasteiger partial charge in [0, 0.05) is 12.1 Å². The summed E-state index contributed by atoms with van der Waals surface area (Å²) < 4.78 is 1.66. The van der Waals surface area contributed by atoms with Crippen molar-refractivity contribution in [2.75, 3.05) is 5.32 Å². The molecular weight excluding hydrogens is 234 g/mol. The Balaban J connectivity index is 1.93. The normalized spacial score (nSPS) is 14.7. The van der Waals surface area contributed by atoms with Crippen LogP contribution in [-0.4, -0.2) is 26.4 Å². The van der Waals surface area contributed by atoms with Gasteiger partial charge in [0.2, 0.25) is 5.91 Å². The molecule has 0 unspecified atom stereocenters. The summed E-state index contributed by atoms with van der Waals surface area (Å²) in [5, 5.41) is 11.7. The molecule has 2 N–H and O–H groups in total. The van der Waals surface area contributed by atoms with Crippen LogP contribution in [0.3, 0.4) is 0 Å². The zero-order valence-electron chi connectivity index (χ0n) is 9.46. The molecule has 0 aromatic carbocycles. The maximum Gasteiger partial charge on any atom is 0.335 e. The van der Waals surface area contributed by atoms with Crippen LogP contribution in [-0.2, 0) is 4.79 Å². The molecule has 2 aromatic heterocycles. The van der Waals surface area contributed by atoms with E-state index in [1.807, 2.05) is 0 Å². The highest BCUT2D eigenvalue weighted by molar-refractivity contribution is 5.94. The van der Waals surface area contributed by atoms with Crippen LogP contribution < -0.4 is 5.32 Å². The van der Waals surface area contributed by atoms with Crippen molar-refractivity contribution in [3.05, 3.63) is 30.1 Å². The number of nitrogens with zero attached hydrogens (tertiary/aromatic N) is 2. The summed E-state index contributed by atoms with van der Waals surface area (Å²) in [6.45, 7) is 0. The number of rotatable bonds is 3. The van der Waals surface area contributed by atoms with Crippen molar-refractivity contribution in [2.24, 2.45) is 5.92 Å². The van der Waals surface area contributed by atoms with Gasteiger partial charge in [0.05, 0.1) is 11.8 Å². The van der Waals surface area contributed by atoms with E-state index in [0.717, 1.165) is 12.8 Å². The summed E-state index contributed by atoms with van der Waals surface area (Å²) >= 11 is 0. The minimum Gasteiger partial charge on any atom is -0.478 e. The minimum absolute atomic E-state index is 0.000823. The number of fused-ring (bicyclic) bond motifs is 1. The largest absolute Gasteiger partial charge is 0.478 e. The highest BCUT2D eigenvalue weighted by Crippen LogP contribution is 2.30. The lowest BCUT2D eigenvalue weighted by Crippen LogP contribution is -2.14. The average molecular weight is 245 g/mol. The van der Waals surface area contributed by atoms with E-state index in [4.69, 9.17) is 5.11 Å². The topological polar surface area (TPSA) is 83.7 Å². The standard InChI is InChI=1S/C12H11N3O3/c16-11(7-1-2-7)14-10-6-13-9-5-8(12(17)18)3-4-15(9)10/h3-7H,1-2H2,(H,14,16)(H,17,18). The van der Waals surface area contributed by atoms with Crippen LogP contribution in [0.25, 0.3) is 5.65 Å². The van der Waals surface area contributed by atoms with Crippen molar-refractivity contribution in [3.8, 4) is 0 Å². The zero-order chi connectivity index (χ0) is 12.7. The Morgan fingerprint density at radius 2 is 2.22 bits per heavy atom. The van der Waals surface area contributed by atoms with E-state index in [9.17, 15) is 9.59 Å². The lowest BCUT2D eigenvalue weighted by molar-refractivity contribution is -0.117. The second kappa shape index (κ2) is 3.83. The van der Waals surface area contributed by atoms with E-state index in [0.29, 0.717) is 11.5 Å². The molecule has 0 radical (unpaired) electrons. The molecule has 1 fully saturated rings. The summed E-state index contributed by atoms with van der Waals surface area (Å²) in [5.74, 6) is -0.309. The van der Waals surface area contributed by atoms with Crippen LogP contribution in [0.2, 0.25) is 0 Å². The van der Waals surface area contributed by atoms with Gasteiger partial charge in [-0.1, -0.05) is 0 Å². The first kappa shape index (κ1) is 10.8. The maximum atomic E-state index is 11.6. The molecule has 1 aliphatic carbocycles.